The average molecular weight is 222 g/mol. The van der Waals surface area contributed by atoms with Crippen molar-refractivity contribution in [3.8, 4) is 0 Å². The van der Waals surface area contributed by atoms with Crippen LogP contribution in [0.2, 0.25) is 0 Å². The summed E-state index contributed by atoms with van der Waals surface area (Å²) in [6, 6.07) is 5.62. The summed E-state index contributed by atoms with van der Waals surface area (Å²) in [6.45, 7) is 2.06. The van der Waals surface area contributed by atoms with Crippen LogP contribution >= 0.6 is 11.3 Å². The summed E-state index contributed by atoms with van der Waals surface area (Å²) in [4.78, 5) is 11.3. The van der Waals surface area contributed by atoms with E-state index in [-0.39, 0.29) is 5.97 Å². The molecule has 0 aliphatic heterocycles. The lowest BCUT2D eigenvalue weighted by Crippen LogP contribution is -2.28. The number of thiazole rings is 1. The van der Waals surface area contributed by atoms with Gasteiger partial charge >= 0.3 is 5.97 Å². The Morgan fingerprint density at radius 2 is 2.20 bits per heavy atom. The molecule has 0 aliphatic rings. The Labute approximate surface area is 91.9 Å². The van der Waals surface area contributed by atoms with Gasteiger partial charge in [-0.15, -0.1) is 0 Å². The average Bonchev–Trinajstić information content (AvgIpc) is 2.54. The van der Waals surface area contributed by atoms with Gasteiger partial charge in [0.1, 0.15) is 11.7 Å². The van der Waals surface area contributed by atoms with Crippen LogP contribution in [0.5, 0.6) is 0 Å². The number of aryl methyl sites for hydroxylation is 2. The van der Waals surface area contributed by atoms with E-state index in [4.69, 9.17) is 0 Å². The normalized spacial score (nSPS) is 10.6. The zero-order valence-corrected chi connectivity index (χ0v) is 9.72. The number of aromatic nitrogens is 1. The first-order valence-electron chi connectivity index (χ1n) is 4.61. The number of hydrogen-bond acceptors (Lipinski definition) is 3. The van der Waals surface area contributed by atoms with Crippen molar-refractivity contribution in [1.29, 1.82) is 0 Å². The van der Waals surface area contributed by atoms with E-state index >= 15 is 0 Å². The van der Waals surface area contributed by atoms with Crippen molar-refractivity contribution in [2.45, 2.75) is 6.92 Å². The highest BCUT2D eigenvalue weighted by molar-refractivity contribution is 7.18. The van der Waals surface area contributed by atoms with Crippen LogP contribution in [0.1, 0.15) is 15.4 Å². The van der Waals surface area contributed by atoms with Gasteiger partial charge < -0.3 is 4.74 Å². The van der Waals surface area contributed by atoms with Gasteiger partial charge in [-0.1, -0.05) is 11.3 Å². The molecule has 0 aliphatic carbocycles. The summed E-state index contributed by atoms with van der Waals surface area (Å²) in [6.07, 6.45) is 0. The standard InChI is InChI=1S/C11H12NO2S/c1-7-12(2)9-6-8(11(13)14-3)4-5-10(9)15-7/h4-6H,1-3H3/q+1. The second-order valence-electron chi connectivity index (χ2n) is 3.35. The molecule has 1 aromatic heterocycles. The molecule has 0 saturated carbocycles. The van der Waals surface area contributed by atoms with Crippen molar-refractivity contribution in [3.63, 3.8) is 0 Å². The number of ether oxygens (including phenoxy) is 1. The van der Waals surface area contributed by atoms with Gasteiger partial charge in [0, 0.05) is 13.0 Å². The molecular weight excluding hydrogens is 210 g/mol. The number of hydrogen-bond donors (Lipinski definition) is 0. The molecule has 2 aromatic rings. The van der Waals surface area contributed by atoms with Gasteiger partial charge in [0.2, 0.25) is 10.5 Å². The Kier molecular flexibility index (Phi) is 2.44. The molecule has 15 heavy (non-hydrogen) atoms. The van der Waals surface area contributed by atoms with E-state index in [1.807, 2.05) is 19.2 Å². The number of fused-ring (bicyclic) bond motifs is 1. The van der Waals surface area contributed by atoms with Gasteiger partial charge in [0.05, 0.1) is 12.7 Å². The first kappa shape index (κ1) is 10.1. The van der Waals surface area contributed by atoms with Crippen molar-refractivity contribution >= 4 is 27.5 Å². The van der Waals surface area contributed by atoms with Gasteiger partial charge in [0.25, 0.3) is 0 Å². The zero-order valence-electron chi connectivity index (χ0n) is 8.90. The number of carbonyl (C=O) groups excluding carboxylic acids is 1. The van der Waals surface area contributed by atoms with Gasteiger partial charge in [-0.2, -0.15) is 4.57 Å². The maximum Gasteiger partial charge on any atom is 0.338 e. The molecule has 3 nitrogen and oxygen atoms in total. The van der Waals surface area contributed by atoms with E-state index in [0.717, 1.165) is 5.52 Å². The smallest absolute Gasteiger partial charge is 0.338 e. The van der Waals surface area contributed by atoms with Crippen LogP contribution in [-0.4, -0.2) is 13.1 Å². The highest BCUT2D eigenvalue weighted by Crippen LogP contribution is 2.20. The minimum atomic E-state index is -0.291. The van der Waals surface area contributed by atoms with Crippen molar-refractivity contribution in [1.82, 2.24) is 0 Å². The Balaban J connectivity index is 2.64. The second-order valence-corrected chi connectivity index (χ2v) is 4.59. The SMILES string of the molecule is COC(=O)c1ccc2sc(C)[n+](C)c2c1. The first-order chi connectivity index (χ1) is 7.13. The number of rotatable bonds is 1. The van der Waals surface area contributed by atoms with Crippen LogP contribution in [0.4, 0.5) is 0 Å². The zero-order chi connectivity index (χ0) is 11.0. The number of methoxy groups -OCH3 is 1. The Morgan fingerprint density at radius 3 is 2.87 bits per heavy atom. The van der Waals surface area contributed by atoms with Gasteiger partial charge in [-0.05, 0) is 12.1 Å². The van der Waals surface area contributed by atoms with E-state index in [0.29, 0.717) is 5.56 Å². The number of esters is 1. The van der Waals surface area contributed by atoms with Crippen molar-refractivity contribution in [2.24, 2.45) is 7.05 Å². The molecule has 0 bridgehead atoms. The molecule has 0 amide bonds. The molecule has 1 heterocycles. The molecule has 4 heteroatoms. The van der Waals surface area contributed by atoms with Gasteiger partial charge in [0.15, 0.2) is 0 Å². The third-order valence-corrected chi connectivity index (χ3v) is 3.61. The Morgan fingerprint density at radius 1 is 1.47 bits per heavy atom. The Bertz CT molecular complexity index is 531. The first-order valence-corrected chi connectivity index (χ1v) is 5.42. The molecule has 0 spiro atoms. The number of carbonyl (C=O) groups is 1. The lowest BCUT2D eigenvalue weighted by molar-refractivity contribution is -0.646. The maximum atomic E-state index is 11.3. The van der Waals surface area contributed by atoms with E-state index < -0.39 is 0 Å². The summed E-state index contributed by atoms with van der Waals surface area (Å²) in [5.41, 5.74) is 1.67. The van der Waals surface area contributed by atoms with E-state index in [2.05, 4.69) is 16.2 Å². The maximum absolute atomic E-state index is 11.3. The molecule has 0 saturated heterocycles. The van der Waals surface area contributed by atoms with Crippen molar-refractivity contribution < 1.29 is 14.1 Å². The predicted octanol–water partition coefficient (Wildman–Crippen LogP) is 1.82. The molecule has 78 valence electrons. The van der Waals surface area contributed by atoms with Crippen molar-refractivity contribution in [3.05, 3.63) is 28.8 Å². The van der Waals surface area contributed by atoms with E-state index in [1.54, 1.807) is 17.4 Å². The Hall–Kier alpha value is -1.42. The molecular formula is C11H12NO2S+. The fourth-order valence-electron chi connectivity index (χ4n) is 1.51. The van der Waals surface area contributed by atoms with Crippen LogP contribution < -0.4 is 4.57 Å². The molecule has 0 atom stereocenters. The predicted molar refractivity (Wildman–Crippen MR) is 59.1 cm³/mol. The highest BCUT2D eigenvalue weighted by atomic mass is 32.1. The molecule has 2 rings (SSSR count). The van der Waals surface area contributed by atoms with Gasteiger partial charge in [-0.25, -0.2) is 4.79 Å². The summed E-state index contributed by atoms with van der Waals surface area (Å²) < 4.78 is 7.95. The molecule has 1 aromatic carbocycles. The summed E-state index contributed by atoms with van der Waals surface area (Å²) in [5, 5.41) is 1.21. The highest BCUT2D eigenvalue weighted by Gasteiger charge is 2.15. The molecule has 0 unspecified atom stereocenters. The van der Waals surface area contributed by atoms with Crippen LogP contribution in [0.15, 0.2) is 18.2 Å². The minimum Gasteiger partial charge on any atom is -0.465 e. The third kappa shape index (κ3) is 1.61. The van der Waals surface area contributed by atoms with Crippen LogP contribution in [0.25, 0.3) is 10.2 Å². The minimum absolute atomic E-state index is 0.291. The summed E-state index contributed by atoms with van der Waals surface area (Å²) >= 11 is 1.72. The number of benzene rings is 1. The molecule has 0 fully saturated rings. The second kappa shape index (κ2) is 3.62. The van der Waals surface area contributed by atoms with E-state index in [9.17, 15) is 4.79 Å². The monoisotopic (exact) mass is 222 g/mol. The van der Waals surface area contributed by atoms with Crippen molar-refractivity contribution in [2.75, 3.05) is 7.11 Å². The van der Waals surface area contributed by atoms with E-state index in [1.165, 1.54) is 16.8 Å². The largest absolute Gasteiger partial charge is 0.465 e. The lowest BCUT2D eigenvalue weighted by Gasteiger charge is -1.96. The van der Waals surface area contributed by atoms with Crippen LogP contribution in [-0.2, 0) is 11.8 Å². The van der Waals surface area contributed by atoms with Crippen LogP contribution in [0.3, 0.4) is 0 Å². The lowest BCUT2D eigenvalue weighted by atomic mass is 10.2. The molecule has 0 radical (unpaired) electrons. The van der Waals surface area contributed by atoms with Gasteiger partial charge in [-0.3, -0.25) is 0 Å². The fourth-order valence-corrected chi connectivity index (χ4v) is 2.50. The molecule has 0 N–H and O–H groups in total. The number of nitrogens with zero attached hydrogens (tertiary/aromatic N) is 1. The van der Waals surface area contributed by atoms with Crippen LogP contribution in [0, 0.1) is 6.92 Å². The third-order valence-electron chi connectivity index (χ3n) is 2.47. The quantitative estimate of drug-likeness (QED) is 0.544. The summed E-state index contributed by atoms with van der Waals surface area (Å²) in [7, 11) is 3.39. The topological polar surface area (TPSA) is 30.2 Å². The fraction of sp³-hybridized carbons (Fsp3) is 0.273. The summed E-state index contributed by atoms with van der Waals surface area (Å²) in [5.74, 6) is -0.291.